The normalized spacial score (nSPS) is 13.2. The van der Waals surface area contributed by atoms with Crippen molar-refractivity contribution >= 4 is 17.9 Å². The van der Waals surface area contributed by atoms with Gasteiger partial charge in [0.2, 0.25) is 0 Å². The van der Waals surface area contributed by atoms with E-state index in [1.165, 1.54) is 12.5 Å². The number of nitrogens with two attached hydrogens (primary N) is 3. The Labute approximate surface area is 127 Å². The molecule has 0 unspecified atom stereocenters. The van der Waals surface area contributed by atoms with E-state index >= 15 is 0 Å². The molecule has 1 aromatic heterocycles. The smallest absolute Gasteiger partial charge is 0.330 e. The van der Waals surface area contributed by atoms with Crippen molar-refractivity contribution in [3.63, 3.8) is 0 Å². The van der Waals surface area contributed by atoms with Gasteiger partial charge in [0.25, 0.3) is 0 Å². The molecule has 0 amide bonds. The van der Waals surface area contributed by atoms with Gasteiger partial charge < -0.3 is 32.2 Å². The third kappa shape index (κ3) is 6.33. The van der Waals surface area contributed by atoms with E-state index in [0.29, 0.717) is 25.1 Å². The average molecular weight is 311 g/mol. The molecule has 10 nitrogen and oxygen atoms in total. The number of nitrogens with one attached hydrogen (secondary N) is 3. The summed E-state index contributed by atoms with van der Waals surface area (Å²) >= 11 is 0. The standard InChI is InChI=1S/C12H21N7O3/c13-8(2-1-3-18-12(15)16)10(20)22-11(21)9(14)4-7-5-17-6-19-7/h5-6,8-9H,1-4,13-14H2,(H,17,19)(H4,15,16,18)/t8-,9-/m0/s1. The lowest BCUT2D eigenvalue weighted by Gasteiger charge is -2.13. The Hall–Kier alpha value is -2.46. The second-order valence-corrected chi connectivity index (χ2v) is 4.72. The van der Waals surface area contributed by atoms with E-state index < -0.39 is 24.0 Å². The van der Waals surface area contributed by atoms with Crippen molar-refractivity contribution in [2.75, 3.05) is 6.54 Å². The maximum absolute atomic E-state index is 11.7. The minimum absolute atomic E-state index is 0.156. The molecule has 0 aromatic carbocycles. The third-order valence-corrected chi connectivity index (χ3v) is 2.81. The molecule has 0 aliphatic heterocycles. The van der Waals surface area contributed by atoms with Crippen molar-refractivity contribution in [1.82, 2.24) is 15.3 Å². The molecule has 0 bridgehead atoms. The van der Waals surface area contributed by atoms with Gasteiger partial charge in [0.15, 0.2) is 5.96 Å². The molecule has 1 aromatic rings. The van der Waals surface area contributed by atoms with Crippen LogP contribution >= 0.6 is 0 Å². The number of carbonyl (C=O) groups excluding carboxylic acids is 2. The first-order chi connectivity index (χ1) is 10.4. The molecule has 2 atom stereocenters. The molecule has 0 saturated carbocycles. The van der Waals surface area contributed by atoms with Gasteiger partial charge in [-0.1, -0.05) is 0 Å². The molecule has 22 heavy (non-hydrogen) atoms. The summed E-state index contributed by atoms with van der Waals surface area (Å²) in [6.07, 6.45) is 3.97. The molecule has 0 fully saturated rings. The summed E-state index contributed by atoms with van der Waals surface area (Å²) in [7, 11) is 0. The lowest BCUT2D eigenvalue weighted by Crippen LogP contribution is -2.41. The summed E-state index contributed by atoms with van der Waals surface area (Å²) in [6, 6.07) is -1.91. The van der Waals surface area contributed by atoms with Gasteiger partial charge >= 0.3 is 11.9 Å². The second-order valence-electron chi connectivity index (χ2n) is 4.72. The summed E-state index contributed by atoms with van der Waals surface area (Å²) in [4.78, 5) is 29.9. The van der Waals surface area contributed by atoms with Crippen molar-refractivity contribution in [2.45, 2.75) is 31.3 Å². The van der Waals surface area contributed by atoms with Gasteiger partial charge in [-0.05, 0) is 12.8 Å². The van der Waals surface area contributed by atoms with Gasteiger partial charge in [0.1, 0.15) is 12.1 Å². The number of nitrogens with zero attached hydrogens (tertiary/aromatic N) is 1. The molecule has 0 spiro atoms. The largest absolute Gasteiger partial charge is 0.391 e. The zero-order valence-electron chi connectivity index (χ0n) is 12.0. The van der Waals surface area contributed by atoms with Crippen molar-refractivity contribution < 1.29 is 14.3 Å². The summed E-state index contributed by atoms with van der Waals surface area (Å²) in [5.41, 5.74) is 17.0. The predicted octanol–water partition coefficient (Wildman–Crippen LogP) is -2.06. The van der Waals surface area contributed by atoms with E-state index in [0.717, 1.165) is 0 Å². The highest BCUT2D eigenvalue weighted by Crippen LogP contribution is 2.01. The molecule has 122 valence electrons. The van der Waals surface area contributed by atoms with Crippen LogP contribution in [0.4, 0.5) is 0 Å². The first kappa shape index (κ1) is 17.6. The van der Waals surface area contributed by atoms with E-state index in [9.17, 15) is 9.59 Å². The Morgan fingerprint density at radius 1 is 1.36 bits per heavy atom. The number of hydrogen-bond acceptors (Lipinski definition) is 7. The predicted molar refractivity (Wildman–Crippen MR) is 78.5 cm³/mol. The van der Waals surface area contributed by atoms with Gasteiger partial charge in [0.05, 0.1) is 6.33 Å². The molecular weight excluding hydrogens is 290 g/mol. The Morgan fingerprint density at radius 3 is 2.64 bits per heavy atom. The van der Waals surface area contributed by atoms with Crippen LogP contribution in [0.2, 0.25) is 0 Å². The molecule has 1 rings (SSSR count). The quantitative estimate of drug-likeness (QED) is 0.104. The molecule has 0 aliphatic carbocycles. The van der Waals surface area contributed by atoms with Gasteiger partial charge in [0, 0.05) is 24.9 Å². The van der Waals surface area contributed by atoms with Crippen molar-refractivity contribution in [3.05, 3.63) is 18.2 Å². The Bertz CT molecular complexity index is 503. The lowest BCUT2D eigenvalue weighted by molar-refractivity contribution is -0.161. The first-order valence-corrected chi connectivity index (χ1v) is 6.72. The van der Waals surface area contributed by atoms with E-state index in [2.05, 4.69) is 20.0 Å². The van der Waals surface area contributed by atoms with Crippen LogP contribution in [0.5, 0.6) is 0 Å². The molecule has 0 aliphatic rings. The maximum Gasteiger partial charge on any atom is 0.330 e. The van der Waals surface area contributed by atoms with Crippen LogP contribution in [-0.2, 0) is 20.7 Å². The number of esters is 2. The first-order valence-electron chi connectivity index (χ1n) is 6.72. The van der Waals surface area contributed by atoms with E-state index in [4.69, 9.17) is 22.6 Å². The minimum Gasteiger partial charge on any atom is -0.391 e. The number of rotatable bonds is 8. The fraction of sp³-hybridized carbons (Fsp3) is 0.500. The van der Waals surface area contributed by atoms with Gasteiger partial charge in [-0.25, -0.2) is 14.6 Å². The van der Waals surface area contributed by atoms with E-state index in [1.54, 1.807) is 0 Å². The van der Waals surface area contributed by atoms with Crippen LogP contribution < -0.4 is 22.5 Å². The lowest BCUT2D eigenvalue weighted by atomic mass is 10.1. The SMILES string of the molecule is N=C(N)NCCC[C@H](N)C(=O)OC(=O)[C@@H](N)Cc1cnc[nH]1. The Balaban J connectivity index is 2.30. The highest BCUT2D eigenvalue weighted by atomic mass is 16.6. The number of aromatic amines is 1. The number of aromatic nitrogens is 2. The highest BCUT2D eigenvalue weighted by Gasteiger charge is 2.23. The molecule has 1 heterocycles. The number of carbonyl (C=O) groups is 2. The Morgan fingerprint density at radius 2 is 2.05 bits per heavy atom. The average Bonchev–Trinajstić information content (AvgIpc) is 2.95. The van der Waals surface area contributed by atoms with Crippen LogP contribution in [0.3, 0.4) is 0 Å². The monoisotopic (exact) mass is 311 g/mol. The number of H-pyrrole nitrogens is 1. The highest BCUT2D eigenvalue weighted by molar-refractivity contribution is 5.90. The van der Waals surface area contributed by atoms with Crippen LogP contribution in [0.1, 0.15) is 18.5 Å². The number of ether oxygens (including phenoxy) is 1. The van der Waals surface area contributed by atoms with Crippen LogP contribution in [0.15, 0.2) is 12.5 Å². The minimum atomic E-state index is -0.976. The van der Waals surface area contributed by atoms with Crippen LogP contribution in [0, 0.1) is 5.41 Å². The summed E-state index contributed by atoms with van der Waals surface area (Å²) in [5, 5.41) is 9.54. The van der Waals surface area contributed by atoms with Gasteiger partial charge in [-0.2, -0.15) is 0 Å². The van der Waals surface area contributed by atoms with E-state index in [1.807, 2.05) is 0 Å². The summed E-state index contributed by atoms with van der Waals surface area (Å²) in [6.45, 7) is 0.406. The molecular formula is C12H21N7O3. The Kier molecular flexibility index (Phi) is 6.99. The number of hydrogen-bond donors (Lipinski definition) is 6. The molecule has 9 N–H and O–H groups in total. The molecule has 0 radical (unpaired) electrons. The van der Waals surface area contributed by atoms with Gasteiger partial charge in [-0.3, -0.25) is 5.41 Å². The maximum atomic E-state index is 11.7. The molecule has 10 heteroatoms. The van der Waals surface area contributed by atoms with Crippen LogP contribution in [0.25, 0.3) is 0 Å². The third-order valence-electron chi connectivity index (χ3n) is 2.81. The topological polar surface area (TPSA) is 186 Å². The van der Waals surface area contributed by atoms with Gasteiger partial charge in [-0.15, -0.1) is 0 Å². The van der Waals surface area contributed by atoms with Crippen molar-refractivity contribution in [1.29, 1.82) is 5.41 Å². The fourth-order valence-electron chi connectivity index (χ4n) is 1.63. The zero-order valence-corrected chi connectivity index (χ0v) is 12.0. The summed E-state index contributed by atoms with van der Waals surface area (Å²) < 4.78 is 4.65. The molecule has 0 saturated heterocycles. The zero-order chi connectivity index (χ0) is 16.5. The number of imidazole rings is 1. The van der Waals surface area contributed by atoms with Crippen molar-refractivity contribution in [2.24, 2.45) is 17.2 Å². The summed E-state index contributed by atoms with van der Waals surface area (Å²) in [5.74, 6) is -1.82. The van der Waals surface area contributed by atoms with E-state index in [-0.39, 0.29) is 12.4 Å². The van der Waals surface area contributed by atoms with Crippen LogP contribution in [-0.4, -0.2) is 46.5 Å². The fourth-order valence-corrected chi connectivity index (χ4v) is 1.63. The van der Waals surface area contributed by atoms with Crippen molar-refractivity contribution in [3.8, 4) is 0 Å². The second kappa shape index (κ2) is 8.74. The number of guanidine groups is 1.